The van der Waals surface area contributed by atoms with E-state index in [1.54, 1.807) is 17.7 Å². The van der Waals surface area contributed by atoms with Crippen LogP contribution in [0.5, 0.6) is 0 Å². The normalized spacial score (nSPS) is 30.5. The number of benzene rings is 1. The summed E-state index contributed by atoms with van der Waals surface area (Å²) >= 11 is 0. The fourth-order valence-electron chi connectivity index (χ4n) is 10.2. The van der Waals surface area contributed by atoms with Crippen LogP contribution in [0.4, 0.5) is 0 Å². The first-order valence-electron chi connectivity index (χ1n) is 20.3. The summed E-state index contributed by atoms with van der Waals surface area (Å²) in [4.78, 5) is 0.382. The highest BCUT2D eigenvalue weighted by atomic mass is 32.2. The van der Waals surface area contributed by atoms with Crippen molar-refractivity contribution in [1.82, 2.24) is 0 Å². The molecule has 8 atom stereocenters. The van der Waals surface area contributed by atoms with Crippen LogP contribution in [0, 0.1) is 29.1 Å². The third-order valence-corrected chi connectivity index (χ3v) is 30.9. The van der Waals surface area contributed by atoms with Crippen LogP contribution in [0.3, 0.4) is 0 Å². The quantitative estimate of drug-likeness (QED) is 0.242. The Bertz CT molecular complexity index is 1560. The minimum atomic E-state index is -3.62. The standard InChI is InChI=1S/C45H76O3SSi2/c1-31(2)40(46)30-41(49(47,48)36-21-17-16-18-22-36)33(4)38-25-26-39-34(20-19-27-45(38,39)11)23-24-35-28-37(50(12,13)43(5,6)7)29-42(32(35)3)51(14,15)44(8,9)10/h16-18,21-24,31,33,37-42,46H,3,19-20,25-30H2,1-2,4-15H3/t33-,37+,38+,39-,40-,41?,42-,45+/m0/s1. The van der Waals surface area contributed by atoms with Crippen molar-refractivity contribution < 1.29 is 13.5 Å². The van der Waals surface area contributed by atoms with Crippen molar-refractivity contribution in [2.45, 2.75) is 184 Å². The van der Waals surface area contributed by atoms with E-state index in [2.05, 4.69) is 93.7 Å². The van der Waals surface area contributed by atoms with Gasteiger partial charge in [0, 0.05) is 0 Å². The van der Waals surface area contributed by atoms with E-state index < -0.39 is 37.3 Å². The Kier molecular flexibility index (Phi) is 12.6. The van der Waals surface area contributed by atoms with Crippen molar-refractivity contribution in [2.75, 3.05) is 0 Å². The molecule has 1 unspecified atom stereocenters. The molecule has 1 aromatic rings. The molecule has 3 aliphatic carbocycles. The molecule has 0 radical (unpaired) electrons. The van der Waals surface area contributed by atoms with E-state index in [0.29, 0.717) is 26.4 Å². The van der Waals surface area contributed by atoms with Gasteiger partial charge in [-0.3, -0.25) is 0 Å². The Morgan fingerprint density at radius 3 is 2.08 bits per heavy atom. The van der Waals surface area contributed by atoms with Crippen LogP contribution in [0.15, 0.2) is 70.7 Å². The SMILES string of the molecule is C=C1C(=CC=C2CCC[C@]3(C)[C@@H]([C@H](C)C(C[C@H](O)C(C)C)S(=O)(=O)c4ccccc4)CC[C@@H]23)C[C@@H]([Si](C)(C)C(C)(C)C)C[C@@H]1[Si](C)(C)C(C)(C)C. The second-order valence-electron chi connectivity index (χ2n) is 21.0. The van der Waals surface area contributed by atoms with Crippen LogP contribution in [0.25, 0.3) is 0 Å². The molecule has 1 aromatic carbocycles. The molecule has 51 heavy (non-hydrogen) atoms. The number of aliphatic hydroxyl groups is 1. The van der Waals surface area contributed by atoms with E-state index in [1.165, 1.54) is 17.6 Å². The highest BCUT2D eigenvalue weighted by Crippen LogP contribution is 2.62. The van der Waals surface area contributed by atoms with E-state index in [0.717, 1.165) is 44.1 Å². The lowest BCUT2D eigenvalue weighted by molar-refractivity contribution is 0.0734. The fraction of sp³-hybridized carbons (Fsp3) is 0.733. The van der Waals surface area contributed by atoms with Gasteiger partial charge in [0.05, 0.1) is 32.4 Å². The van der Waals surface area contributed by atoms with E-state index in [9.17, 15) is 13.5 Å². The summed E-state index contributed by atoms with van der Waals surface area (Å²) in [7, 11) is -6.90. The van der Waals surface area contributed by atoms with Gasteiger partial charge < -0.3 is 5.11 Å². The summed E-state index contributed by atoms with van der Waals surface area (Å²) in [5.74, 6) is 0.717. The summed E-state index contributed by atoms with van der Waals surface area (Å²) < 4.78 is 28.6. The molecule has 3 aliphatic rings. The van der Waals surface area contributed by atoms with Gasteiger partial charge in [0.25, 0.3) is 0 Å². The smallest absolute Gasteiger partial charge is 0.181 e. The predicted octanol–water partition coefficient (Wildman–Crippen LogP) is 13.0. The maximum absolute atomic E-state index is 14.3. The Labute approximate surface area is 317 Å². The van der Waals surface area contributed by atoms with E-state index in [1.807, 2.05) is 32.0 Å². The zero-order chi connectivity index (χ0) is 38.5. The highest BCUT2D eigenvalue weighted by Gasteiger charge is 2.54. The molecule has 0 aromatic heterocycles. The first kappa shape index (κ1) is 42.5. The predicted molar refractivity (Wildman–Crippen MR) is 227 cm³/mol. The lowest BCUT2D eigenvalue weighted by Crippen LogP contribution is -2.49. The molecule has 3 nitrogen and oxygen atoms in total. The van der Waals surface area contributed by atoms with E-state index >= 15 is 0 Å². The number of hydrogen-bond donors (Lipinski definition) is 1. The minimum Gasteiger partial charge on any atom is -0.393 e. The molecule has 3 fully saturated rings. The fourth-order valence-corrected chi connectivity index (χ4v) is 18.3. The lowest BCUT2D eigenvalue weighted by atomic mass is 9.60. The van der Waals surface area contributed by atoms with E-state index in [-0.39, 0.29) is 29.6 Å². The van der Waals surface area contributed by atoms with Crippen LogP contribution in [0.2, 0.25) is 47.3 Å². The monoisotopic (exact) mass is 753 g/mol. The van der Waals surface area contributed by atoms with Gasteiger partial charge in [-0.25, -0.2) is 8.42 Å². The molecular formula is C45H76O3SSi2. The Balaban J connectivity index is 1.71. The summed E-state index contributed by atoms with van der Waals surface area (Å²) in [6.07, 6.45) is 12.7. The molecule has 288 valence electrons. The number of allylic oxidation sites excluding steroid dienone is 5. The van der Waals surface area contributed by atoms with Crippen LogP contribution < -0.4 is 0 Å². The topological polar surface area (TPSA) is 54.4 Å². The molecule has 3 saturated carbocycles. The van der Waals surface area contributed by atoms with Crippen molar-refractivity contribution in [2.24, 2.45) is 29.1 Å². The van der Waals surface area contributed by atoms with Gasteiger partial charge >= 0.3 is 0 Å². The van der Waals surface area contributed by atoms with Crippen LogP contribution in [0.1, 0.15) is 121 Å². The van der Waals surface area contributed by atoms with Crippen molar-refractivity contribution in [1.29, 1.82) is 0 Å². The maximum atomic E-state index is 14.3. The number of aliphatic hydroxyl groups excluding tert-OH is 1. The summed E-state index contributed by atoms with van der Waals surface area (Å²) in [6, 6.07) is 8.97. The molecule has 0 spiro atoms. The van der Waals surface area contributed by atoms with Gasteiger partial charge in [-0.05, 0) is 119 Å². The summed E-state index contributed by atoms with van der Waals surface area (Å²) in [6.45, 7) is 38.9. The maximum Gasteiger partial charge on any atom is 0.181 e. The molecule has 0 aliphatic heterocycles. The Hall–Kier alpha value is -1.22. The highest BCUT2D eigenvalue weighted by molar-refractivity contribution is 7.92. The third kappa shape index (κ3) is 8.25. The second kappa shape index (κ2) is 15.1. The molecule has 1 N–H and O–H groups in total. The summed E-state index contributed by atoms with van der Waals surface area (Å²) in [5.41, 5.74) is 5.87. The molecule has 0 bridgehead atoms. The Morgan fingerprint density at radius 1 is 0.941 bits per heavy atom. The van der Waals surface area contributed by atoms with E-state index in [4.69, 9.17) is 6.58 Å². The first-order chi connectivity index (χ1) is 23.3. The van der Waals surface area contributed by atoms with Gasteiger partial charge in [0.15, 0.2) is 9.84 Å². The number of fused-ring (bicyclic) bond motifs is 1. The van der Waals surface area contributed by atoms with Crippen molar-refractivity contribution in [3.05, 3.63) is 65.8 Å². The van der Waals surface area contributed by atoms with Crippen molar-refractivity contribution in [3.8, 4) is 0 Å². The second-order valence-corrected chi connectivity index (χ2v) is 34.6. The molecule has 6 heteroatoms. The van der Waals surface area contributed by atoms with Crippen LogP contribution >= 0.6 is 0 Å². The van der Waals surface area contributed by atoms with Gasteiger partial charge in [-0.2, -0.15) is 0 Å². The Morgan fingerprint density at radius 2 is 1.53 bits per heavy atom. The average Bonchev–Trinajstić information content (AvgIpc) is 3.39. The van der Waals surface area contributed by atoms with Gasteiger partial charge in [-0.15, -0.1) is 0 Å². The van der Waals surface area contributed by atoms with Crippen LogP contribution in [-0.2, 0) is 9.84 Å². The molecule has 4 rings (SSSR count). The van der Waals surface area contributed by atoms with Crippen molar-refractivity contribution in [3.63, 3.8) is 0 Å². The van der Waals surface area contributed by atoms with Crippen molar-refractivity contribution >= 4 is 26.0 Å². The van der Waals surface area contributed by atoms with Gasteiger partial charge in [0.1, 0.15) is 0 Å². The number of sulfone groups is 1. The summed E-state index contributed by atoms with van der Waals surface area (Å²) in [5, 5.41) is 11.1. The molecular weight excluding hydrogens is 677 g/mol. The molecule has 0 saturated heterocycles. The van der Waals surface area contributed by atoms with Crippen LogP contribution in [-0.4, -0.2) is 41.0 Å². The zero-order valence-electron chi connectivity index (χ0n) is 35.2. The largest absolute Gasteiger partial charge is 0.393 e. The third-order valence-electron chi connectivity index (χ3n) is 16.0. The number of rotatable bonds is 10. The molecule has 0 amide bonds. The molecule has 0 heterocycles. The lowest BCUT2D eigenvalue weighted by Gasteiger charge is -2.53. The van der Waals surface area contributed by atoms with Gasteiger partial charge in [0.2, 0.25) is 0 Å². The zero-order valence-corrected chi connectivity index (χ0v) is 38.0. The minimum absolute atomic E-state index is 0.0110. The number of hydrogen-bond acceptors (Lipinski definition) is 3. The first-order valence-corrected chi connectivity index (χ1v) is 28.0. The average molecular weight is 753 g/mol. The van der Waals surface area contributed by atoms with Gasteiger partial charge in [-0.1, -0.05) is 144 Å².